The minimum atomic E-state index is 0.162. The van der Waals surface area contributed by atoms with Crippen molar-refractivity contribution in [1.29, 1.82) is 0 Å². The fourth-order valence-corrected chi connectivity index (χ4v) is 2.26. The highest BCUT2D eigenvalue weighted by Crippen LogP contribution is 2.32. The van der Waals surface area contributed by atoms with Gasteiger partial charge in [-0.25, -0.2) is 0 Å². The van der Waals surface area contributed by atoms with E-state index in [1.54, 1.807) is 6.07 Å². The minimum Gasteiger partial charge on any atom is -0.508 e. The summed E-state index contributed by atoms with van der Waals surface area (Å²) >= 11 is 3.22. The number of hydrogen-bond acceptors (Lipinski definition) is 2. The third-order valence-corrected chi connectivity index (χ3v) is 3.49. The van der Waals surface area contributed by atoms with Gasteiger partial charge < -0.3 is 10.2 Å². The molecule has 0 radical (unpaired) electrons. The Balaban J connectivity index is 2.67. The number of allylic oxidation sites excluding steroid dienone is 4. The second kappa shape index (κ2) is 7.39. The molecule has 1 rings (SSSR count). The molecule has 0 aromatic heterocycles. The number of hydrogen-bond donors (Lipinski definition) is 2. The van der Waals surface area contributed by atoms with Gasteiger partial charge in [0.25, 0.3) is 0 Å². The molecule has 0 aliphatic heterocycles. The van der Waals surface area contributed by atoms with E-state index >= 15 is 0 Å². The molecule has 0 heterocycles. The van der Waals surface area contributed by atoms with E-state index in [0.717, 1.165) is 18.4 Å². The van der Waals surface area contributed by atoms with Crippen molar-refractivity contribution in [3.8, 4) is 11.5 Å². The summed E-state index contributed by atoms with van der Waals surface area (Å²) in [5.74, 6) is 0.362. The molecule has 0 aliphatic carbocycles. The van der Waals surface area contributed by atoms with Crippen LogP contribution in [0.4, 0.5) is 0 Å². The Bertz CT molecular complexity index is 498. The van der Waals surface area contributed by atoms with Crippen molar-refractivity contribution in [3.05, 3.63) is 45.5 Å². The van der Waals surface area contributed by atoms with Crippen LogP contribution in [0.25, 0.3) is 0 Å². The topological polar surface area (TPSA) is 40.5 Å². The van der Waals surface area contributed by atoms with Crippen LogP contribution in [0, 0.1) is 0 Å². The molecule has 0 atom stereocenters. The first-order valence-corrected chi connectivity index (χ1v) is 7.18. The number of phenolic OH excluding ortho intramolecular Hbond substituents is 2. The number of rotatable bonds is 5. The highest BCUT2D eigenvalue weighted by Gasteiger charge is 2.06. The molecule has 2 nitrogen and oxygen atoms in total. The van der Waals surface area contributed by atoms with E-state index in [1.165, 1.54) is 17.2 Å². The van der Waals surface area contributed by atoms with Crippen molar-refractivity contribution in [2.45, 2.75) is 40.0 Å². The molecule has 0 spiro atoms. The second-order valence-corrected chi connectivity index (χ2v) is 5.86. The van der Waals surface area contributed by atoms with Gasteiger partial charge in [-0.2, -0.15) is 0 Å². The third kappa shape index (κ3) is 5.52. The molecule has 0 saturated heterocycles. The predicted octanol–water partition coefficient (Wildman–Crippen LogP) is 5.10. The van der Waals surface area contributed by atoms with Crippen molar-refractivity contribution < 1.29 is 10.2 Å². The van der Waals surface area contributed by atoms with Gasteiger partial charge in [0.15, 0.2) is 0 Å². The van der Waals surface area contributed by atoms with Gasteiger partial charge >= 0.3 is 0 Å². The summed E-state index contributed by atoms with van der Waals surface area (Å²) in [6.07, 6.45) is 7.01. The number of benzene rings is 1. The van der Waals surface area contributed by atoms with Crippen LogP contribution in [0.2, 0.25) is 0 Å². The molecule has 0 aliphatic rings. The zero-order chi connectivity index (χ0) is 14.4. The van der Waals surface area contributed by atoms with Gasteiger partial charge in [-0.15, -0.1) is 0 Å². The van der Waals surface area contributed by atoms with Crippen molar-refractivity contribution in [3.63, 3.8) is 0 Å². The average molecular weight is 325 g/mol. The largest absolute Gasteiger partial charge is 0.508 e. The Morgan fingerprint density at radius 3 is 2.47 bits per heavy atom. The van der Waals surface area contributed by atoms with Crippen molar-refractivity contribution >= 4 is 15.9 Å². The first-order valence-electron chi connectivity index (χ1n) is 6.39. The first kappa shape index (κ1) is 15.8. The van der Waals surface area contributed by atoms with Crippen LogP contribution in [0.1, 0.15) is 39.2 Å². The van der Waals surface area contributed by atoms with Crippen LogP contribution >= 0.6 is 15.9 Å². The molecule has 0 saturated carbocycles. The summed E-state index contributed by atoms with van der Waals surface area (Å²) < 4.78 is 0.526. The van der Waals surface area contributed by atoms with Crippen LogP contribution in [0.15, 0.2) is 39.9 Å². The maximum Gasteiger partial charge on any atom is 0.133 e. The Hall–Kier alpha value is -1.22. The molecular weight excluding hydrogens is 304 g/mol. The van der Waals surface area contributed by atoms with E-state index in [9.17, 15) is 10.2 Å². The predicted molar refractivity (Wildman–Crippen MR) is 83.6 cm³/mol. The SMILES string of the molecule is CC(C)=CCCC(C)=CCc1cc(O)cc(Br)c1O. The Kier molecular flexibility index (Phi) is 6.16. The smallest absolute Gasteiger partial charge is 0.133 e. The van der Waals surface area contributed by atoms with Crippen LogP contribution in [0.3, 0.4) is 0 Å². The minimum absolute atomic E-state index is 0.162. The van der Waals surface area contributed by atoms with E-state index in [4.69, 9.17) is 0 Å². The van der Waals surface area contributed by atoms with Crippen molar-refractivity contribution in [1.82, 2.24) is 0 Å². The van der Waals surface area contributed by atoms with Crippen LogP contribution < -0.4 is 0 Å². The lowest BCUT2D eigenvalue weighted by atomic mass is 10.1. The molecule has 104 valence electrons. The van der Waals surface area contributed by atoms with Gasteiger partial charge in [0.2, 0.25) is 0 Å². The summed E-state index contributed by atoms with van der Waals surface area (Å²) in [6, 6.07) is 3.09. The molecule has 0 fully saturated rings. The molecular formula is C16H21BrO2. The number of aromatic hydroxyl groups is 2. The van der Waals surface area contributed by atoms with Crippen LogP contribution in [-0.4, -0.2) is 10.2 Å². The Morgan fingerprint density at radius 1 is 1.16 bits per heavy atom. The van der Waals surface area contributed by atoms with Crippen molar-refractivity contribution in [2.75, 3.05) is 0 Å². The number of phenols is 2. The van der Waals surface area contributed by atoms with E-state index in [1.807, 2.05) is 0 Å². The molecule has 0 bridgehead atoms. The highest BCUT2D eigenvalue weighted by molar-refractivity contribution is 9.10. The van der Waals surface area contributed by atoms with Gasteiger partial charge in [-0.3, -0.25) is 0 Å². The lowest BCUT2D eigenvalue weighted by molar-refractivity contribution is 0.452. The third-order valence-electron chi connectivity index (χ3n) is 2.89. The molecule has 2 N–H and O–H groups in total. The Labute approximate surface area is 123 Å². The summed E-state index contributed by atoms with van der Waals surface area (Å²) in [5, 5.41) is 19.4. The molecule has 3 heteroatoms. The highest BCUT2D eigenvalue weighted by atomic mass is 79.9. The van der Waals surface area contributed by atoms with E-state index in [-0.39, 0.29) is 11.5 Å². The fraction of sp³-hybridized carbons (Fsp3) is 0.375. The summed E-state index contributed by atoms with van der Waals surface area (Å²) in [4.78, 5) is 0. The lowest BCUT2D eigenvalue weighted by Gasteiger charge is -2.06. The summed E-state index contributed by atoms with van der Waals surface area (Å²) in [7, 11) is 0. The van der Waals surface area contributed by atoms with E-state index in [2.05, 4.69) is 48.9 Å². The molecule has 0 unspecified atom stereocenters. The van der Waals surface area contributed by atoms with Gasteiger partial charge in [-0.1, -0.05) is 23.3 Å². The molecule has 1 aromatic carbocycles. The summed E-state index contributed by atoms with van der Waals surface area (Å²) in [5.41, 5.74) is 3.35. The Morgan fingerprint density at radius 2 is 1.84 bits per heavy atom. The monoisotopic (exact) mass is 324 g/mol. The lowest BCUT2D eigenvalue weighted by Crippen LogP contribution is -1.86. The quantitative estimate of drug-likeness (QED) is 0.584. The normalized spacial score (nSPS) is 11.5. The first-order chi connectivity index (χ1) is 8.90. The maximum absolute atomic E-state index is 9.89. The second-order valence-electron chi connectivity index (χ2n) is 5.01. The molecule has 0 amide bonds. The van der Waals surface area contributed by atoms with Crippen LogP contribution in [-0.2, 0) is 6.42 Å². The molecule has 19 heavy (non-hydrogen) atoms. The van der Waals surface area contributed by atoms with Crippen molar-refractivity contribution in [2.24, 2.45) is 0 Å². The van der Waals surface area contributed by atoms with Crippen LogP contribution in [0.5, 0.6) is 11.5 Å². The fourth-order valence-electron chi connectivity index (χ4n) is 1.77. The maximum atomic E-state index is 9.89. The summed E-state index contributed by atoms with van der Waals surface area (Å²) in [6.45, 7) is 6.29. The zero-order valence-electron chi connectivity index (χ0n) is 11.7. The van der Waals surface area contributed by atoms with Gasteiger partial charge in [-0.05, 0) is 68.1 Å². The van der Waals surface area contributed by atoms with E-state index < -0.39 is 0 Å². The average Bonchev–Trinajstić information content (AvgIpc) is 2.31. The van der Waals surface area contributed by atoms with E-state index in [0.29, 0.717) is 10.9 Å². The van der Waals surface area contributed by atoms with Gasteiger partial charge in [0.1, 0.15) is 11.5 Å². The zero-order valence-corrected chi connectivity index (χ0v) is 13.3. The standard InChI is InChI=1S/C16H21BrO2/c1-11(2)5-4-6-12(3)7-8-13-9-14(18)10-15(17)16(13)19/h5,7,9-10,18-19H,4,6,8H2,1-3H3. The van der Waals surface area contributed by atoms with Gasteiger partial charge in [0, 0.05) is 5.56 Å². The number of halogens is 1. The van der Waals surface area contributed by atoms with Gasteiger partial charge in [0.05, 0.1) is 4.47 Å². The molecule has 1 aromatic rings.